The molecule has 1 N–H and O–H groups in total. The zero-order chi connectivity index (χ0) is 26.4. The molecule has 0 aromatic heterocycles. The van der Waals surface area contributed by atoms with Crippen molar-refractivity contribution in [2.75, 3.05) is 46.0 Å². The van der Waals surface area contributed by atoms with Crippen molar-refractivity contribution >= 4 is 17.4 Å². The molecule has 0 radical (unpaired) electrons. The van der Waals surface area contributed by atoms with E-state index < -0.39 is 17.7 Å². The summed E-state index contributed by atoms with van der Waals surface area (Å²) >= 11 is 0. The van der Waals surface area contributed by atoms with Gasteiger partial charge in [0.05, 0.1) is 31.4 Å². The number of morpholine rings is 1. The van der Waals surface area contributed by atoms with Crippen molar-refractivity contribution in [3.05, 3.63) is 70.8 Å². The smallest absolute Gasteiger partial charge is 0.295 e. The van der Waals surface area contributed by atoms with E-state index in [4.69, 9.17) is 9.47 Å². The molecule has 2 aromatic carbocycles. The van der Waals surface area contributed by atoms with Crippen LogP contribution >= 0.6 is 0 Å². The second kappa shape index (κ2) is 12.4. The van der Waals surface area contributed by atoms with Crippen molar-refractivity contribution in [2.45, 2.75) is 45.6 Å². The maximum atomic E-state index is 13.3. The van der Waals surface area contributed by atoms with Crippen LogP contribution in [-0.4, -0.2) is 72.6 Å². The van der Waals surface area contributed by atoms with Gasteiger partial charge in [-0.2, -0.15) is 0 Å². The van der Waals surface area contributed by atoms with E-state index in [1.807, 2.05) is 31.2 Å². The quantitative estimate of drug-likeness (QED) is 0.285. The molecule has 0 aliphatic carbocycles. The van der Waals surface area contributed by atoms with Crippen LogP contribution in [0.25, 0.3) is 5.76 Å². The van der Waals surface area contributed by atoms with Gasteiger partial charge in [0, 0.05) is 31.7 Å². The Labute approximate surface area is 219 Å². The van der Waals surface area contributed by atoms with Gasteiger partial charge in [-0.15, -0.1) is 0 Å². The fraction of sp³-hybridized carbons (Fsp3) is 0.467. The Hall–Kier alpha value is -3.16. The molecule has 1 amide bonds. The number of hydrogen-bond donors (Lipinski definition) is 1. The van der Waals surface area contributed by atoms with E-state index in [0.29, 0.717) is 30.4 Å². The van der Waals surface area contributed by atoms with Crippen LogP contribution in [0.4, 0.5) is 0 Å². The first-order valence-electron chi connectivity index (χ1n) is 13.3. The second-order valence-electron chi connectivity index (χ2n) is 9.99. The van der Waals surface area contributed by atoms with Crippen molar-refractivity contribution < 1.29 is 24.2 Å². The van der Waals surface area contributed by atoms with Crippen LogP contribution in [0.1, 0.15) is 62.3 Å². The van der Waals surface area contributed by atoms with Crippen LogP contribution < -0.4 is 4.74 Å². The van der Waals surface area contributed by atoms with Crippen LogP contribution in [0.3, 0.4) is 0 Å². The highest BCUT2D eigenvalue weighted by Crippen LogP contribution is 2.40. The third kappa shape index (κ3) is 6.22. The van der Waals surface area contributed by atoms with Gasteiger partial charge < -0.3 is 19.5 Å². The minimum Gasteiger partial charge on any atom is -0.507 e. The number of carbonyl (C=O) groups is 2. The Kier molecular flexibility index (Phi) is 9.00. The van der Waals surface area contributed by atoms with Gasteiger partial charge in [-0.05, 0) is 54.2 Å². The number of likely N-dealkylation sites (tertiary alicyclic amines) is 1. The Morgan fingerprint density at radius 2 is 1.70 bits per heavy atom. The maximum Gasteiger partial charge on any atom is 0.295 e. The number of hydrogen-bond acceptors (Lipinski definition) is 6. The largest absolute Gasteiger partial charge is 0.507 e. The molecule has 2 aliphatic heterocycles. The first kappa shape index (κ1) is 26.9. The molecule has 2 saturated heterocycles. The van der Waals surface area contributed by atoms with Crippen molar-refractivity contribution in [3.8, 4) is 5.75 Å². The molecular formula is C30H38N2O5. The lowest BCUT2D eigenvalue weighted by Gasteiger charge is -2.29. The number of rotatable bonds is 10. The molecule has 2 aliphatic rings. The summed E-state index contributed by atoms with van der Waals surface area (Å²) in [5.74, 6) is -0.309. The van der Waals surface area contributed by atoms with E-state index in [-0.39, 0.29) is 11.3 Å². The fourth-order valence-electron chi connectivity index (χ4n) is 4.89. The van der Waals surface area contributed by atoms with Crippen molar-refractivity contribution in [2.24, 2.45) is 0 Å². The number of ether oxygens (including phenoxy) is 2. The topological polar surface area (TPSA) is 79.3 Å². The van der Waals surface area contributed by atoms with E-state index in [0.717, 1.165) is 51.3 Å². The molecule has 2 heterocycles. The monoisotopic (exact) mass is 506 g/mol. The van der Waals surface area contributed by atoms with E-state index in [2.05, 4.69) is 18.7 Å². The number of Topliss-reactive ketones (excluding diaryl/α,β-unsaturated/α-hetero) is 1. The van der Waals surface area contributed by atoms with Crippen LogP contribution in [0, 0.1) is 0 Å². The summed E-state index contributed by atoms with van der Waals surface area (Å²) < 4.78 is 11.1. The molecule has 0 unspecified atom stereocenters. The molecule has 7 heteroatoms. The minimum absolute atomic E-state index is 0.135. The average molecular weight is 507 g/mol. The predicted octanol–water partition coefficient (Wildman–Crippen LogP) is 4.74. The molecular weight excluding hydrogens is 468 g/mol. The van der Waals surface area contributed by atoms with Crippen LogP contribution in [-0.2, 0) is 14.3 Å². The molecule has 198 valence electrons. The van der Waals surface area contributed by atoms with Gasteiger partial charge in [-0.1, -0.05) is 45.0 Å². The van der Waals surface area contributed by atoms with Crippen LogP contribution in [0.5, 0.6) is 5.75 Å². The number of nitrogens with zero attached hydrogens (tertiary/aromatic N) is 2. The minimum atomic E-state index is -0.645. The molecule has 2 fully saturated rings. The predicted molar refractivity (Wildman–Crippen MR) is 144 cm³/mol. The van der Waals surface area contributed by atoms with E-state index >= 15 is 0 Å². The van der Waals surface area contributed by atoms with Gasteiger partial charge >= 0.3 is 0 Å². The van der Waals surface area contributed by atoms with Crippen molar-refractivity contribution in [1.82, 2.24) is 9.80 Å². The summed E-state index contributed by atoms with van der Waals surface area (Å²) in [7, 11) is 0. The number of amides is 1. The summed E-state index contributed by atoms with van der Waals surface area (Å²) in [6.07, 6.45) is 1.63. The molecule has 0 bridgehead atoms. The van der Waals surface area contributed by atoms with Gasteiger partial charge in [-0.25, -0.2) is 0 Å². The number of carbonyl (C=O) groups excluding carboxylic acids is 2. The summed E-state index contributed by atoms with van der Waals surface area (Å²) in [6, 6.07) is 14.4. The third-order valence-electron chi connectivity index (χ3n) is 7.04. The number of aliphatic hydroxyl groups excluding tert-OH is 1. The highest BCUT2D eigenvalue weighted by molar-refractivity contribution is 6.46. The van der Waals surface area contributed by atoms with E-state index in [1.54, 1.807) is 29.2 Å². The van der Waals surface area contributed by atoms with Gasteiger partial charge in [-0.3, -0.25) is 14.5 Å². The zero-order valence-electron chi connectivity index (χ0n) is 22.1. The molecule has 2 aromatic rings. The molecule has 1 atom stereocenters. The van der Waals surface area contributed by atoms with Gasteiger partial charge in [0.15, 0.2) is 0 Å². The normalized spacial score (nSPS) is 20.1. The summed E-state index contributed by atoms with van der Waals surface area (Å²) in [5, 5.41) is 11.3. The number of aliphatic hydroxyl groups is 1. The first-order chi connectivity index (χ1) is 17.9. The van der Waals surface area contributed by atoms with E-state index in [1.165, 1.54) is 5.56 Å². The van der Waals surface area contributed by atoms with Crippen LogP contribution in [0.15, 0.2) is 54.1 Å². The molecule has 0 saturated carbocycles. The Morgan fingerprint density at radius 3 is 2.32 bits per heavy atom. The SMILES string of the molecule is CCCOc1ccc(C(O)=C2C(=O)C(=O)N(CCCN3CCOCC3)[C@@H]2c2ccc(C(C)C)cc2)cc1. The second-order valence-corrected chi connectivity index (χ2v) is 9.99. The van der Waals surface area contributed by atoms with Gasteiger partial charge in [0.1, 0.15) is 11.5 Å². The Morgan fingerprint density at radius 1 is 1.03 bits per heavy atom. The first-order valence-corrected chi connectivity index (χ1v) is 13.3. The van der Waals surface area contributed by atoms with Crippen molar-refractivity contribution in [3.63, 3.8) is 0 Å². The van der Waals surface area contributed by atoms with Gasteiger partial charge in [0.25, 0.3) is 11.7 Å². The molecule has 4 rings (SSSR count). The lowest BCUT2D eigenvalue weighted by molar-refractivity contribution is -0.140. The number of benzene rings is 2. The standard InChI is InChI=1S/C30H38N2O5/c1-4-18-37-25-12-10-24(11-13-25)28(33)26-27(23-8-6-22(7-9-23)21(2)3)32(30(35)29(26)34)15-5-14-31-16-19-36-20-17-31/h6-13,21,27,33H,4-5,14-20H2,1-3H3/t27-/m1/s1. The lowest BCUT2D eigenvalue weighted by Crippen LogP contribution is -2.38. The van der Waals surface area contributed by atoms with E-state index in [9.17, 15) is 14.7 Å². The lowest BCUT2D eigenvalue weighted by atomic mass is 9.93. The summed E-state index contributed by atoms with van der Waals surface area (Å²) in [4.78, 5) is 30.5. The zero-order valence-corrected chi connectivity index (χ0v) is 22.1. The Bertz CT molecular complexity index is 1100. The third-order valence-corrected chi connectivity index (χ3v) is 7.04. The highest BCUT2D eigenvalue weighted by atomic mass is 16.5. The molecule has 0 spiro atoms. The maximum absolute atomic E-state index is 13.3. The molecule has 37 heavy (non-hydrogen) atoms. The van der Waals surface area contributed by atoms with Gasteiger partial charge in [0.2, 0.25) is 0 Å². The number of ketones is 1. The fourth-order valence-corrected chi connectivity index (χ4v) is 4.89. The molecule has 7 nitrogen and oxygen atoms in total. The Balaban J connectivity index is 1.65. The highest BCUT2D eigenvalue weighted by Gasteiger charge is 2.45. The van der Waals surface area contributed by atoms with Crippen LogP contribution in [0.2, 0.25) is 0 Å². The average Bonchev–Trinajstić information content (AvgIpc) is 3.17. The summed E-state index contributed by atoms with van der Waals surface area (Å²) in [6.45, 7) is 11.3. The summed E-state index contributed by atoms with van der Waals surface area (Å²) in [5.41, 5.74) is 2.62. The van der Waals surface area contributed by atoms with Crippen molar-refractivity contribution in [1.29, 1.82) is 0 Å².